The molecule has 0 saturated heterocycles. The Morgan fingerprint density at radius 2 is 1.61 bits per heavy atom. The zero-order chi connectivity index (χ0) is 17.0. The minimum absolute atomic E-state index is 0.0525. The molecule has 0 aliphatic rings. The van der Waals surface area contributed by atoms with E-state index < -0.39 is 15.9 Å². The Labute approximate surface area is 144 Å². The number of sulfonamides is 1. The van der Waals surface area contributed by atoms with Crippen molar-refractivity contribution in [2.75, 3.05) is 10.8 Å². The molecule has 1 amide bonds. The molecule has 0 aromatic heterocycles. The summed E-state index contributed by atoms with van der Waals surface area (Å²) in [5.41, 5.74) is 5.57. The van der Waals surface area contributed by atoms with Gasteiger partial charge in [0, 0.05) is 23.0 Å². The smallest absolute Gasteiger partial charge is 0.264 e. The van der Waals surface area contributed by atoms with Crippen LogP contribution in [-0.4, -0.2) is 20.9 Å². The molecule has 8 heteroatoms. The number of anilines is 1. The largest absolute Gasteiger partial charge is 0.370 e. The Morgan fingerprint density at radius 1 is 1.04 bits per heavy atom. The van der Waals surface area contributed by atoms with Crippen LogP contribution in [0.25, 0.3) is 0 Å². The number of primary amides is 1. The van der Waals surface area contributed by atoms with Crippen molar-refractivity contribution in [1.29, 1.82) is 0 Å². The van der Waals surface area contributed by atoms with Gasteiger partial charge < -0.3 is 5.73 Å². The van der Waals surface area contributed by atoms with E-state index in [1.54, 1.807) is 30.3 Å². The molecule has 2 aromatic carbocycles. The van der Waals surface area contributed by atoms with Crippen LogP contribution in [0.4, 0.5) is 5.69 Å². The third-order valence-corrected chi connectivity index (χ3v) is 5.27. The van der Waals surface area contributed by atoms with Crippen LogP contribution in [0.3, 0.4) is 0 Å². The fourth-order valence-corrected chi connectivity index (χ4v) is 4.19. The molecule has 0 heterocycles. The first-order valence-electron chi connectivity index (χ1n) is 6.63. The average molecular weight is 373 g/mol. The summed E-state index contributed by atoms with van der Waals surface area (Å²) >= 11 is 11.8. The molecule has 2 aromatic rings. The topological polar surface area (TPSA) is 80.5 Å². The highest BCUT2D eigenvalue weighted by Gasteiger charge is 2.26. The zero-order valence-electron chi connectivity index (χ0n) is 11.9. The third kappa shape index (κ3) is 4.37. The van der Waals surface area contributed by atoms with Gasteiger partial charge in [0.25, 0.3) is 10.0 Å². The number of carbonyl (C=O) groups excluding carboxylic acids is 1. The van der Waals surface area contributed by atoms with Crippen LogP contribution in [0.1, 0.15) is 6.42 Å². The molecule has 2 rings (SSSR count). The minimum atomic E-state index is -3.94. The number of hydrogen-bond donors (Lipinski definition) is 1. The second-order valence-electron chi connectivity index (χ2n) is 4.73. The van der Waals surface area contributed by atoms with Crippen molar-refractivity contribution in [1.82, 2.24) is 0 Å². The van der Waals surface area contributed by atoms with Crippen molar-refractivity contribution in [3.05, 3.63) is 58.6 Å². The van der Waals surface area contributed by atoms with Gasteiger partial charge in [-0.1, -0.05) is 41.4 Å². The molecular formula is C15H14Cl2N2O3S. The average Bonchev–Trinajstić information content (AvgIpc) is 2.47. The molecule has 0 aliphatic heterocycles. The van der Waals surface area contributed by atoms with Crippen LogP contribution in [-0.2, 0) is 14.8 Å². The third-order valence-electron chi connectivity index (χ3n) is 3.03. The molecule has 0 spiro atoms. The van der Waals surface area contributed by atoms with Gasteiger partial charge in [-0.3, -0.25) is 9.10 Å². The standard InChI is InChI=1S/C15H14Cl2N2O3S/c16-11-8-12(17)10-14(9-11)23(21,22)19(7-6-15(18)20)13-4-2-1-3-5-13/h1-5,8-10H,6-7H2,(H2,18,20). The number of benzene rings is 2. The first-order chi connectivity index (χ1) is 10.8. The Balaban J connectivity index is 2.50. The maximum atomic E-state index is 12.9. The summed E-state index contributed by atoms with van der Waals surface area (Å²) in [6.07, 6.45) is -0.109. The van der Waals surface area contributed by atoms with Gasteiger partial charge in [0.05, 0.1) is 10.6 Å². The lowest BCUT2D eigenvalue weighted by atomic mass is 10.3. The molecule has 0 unspecified atom stereocenters. The molecule has 0 saturated carbocycles. The number of carbonyl (C=O) groups is 1. The van der Waals surface area contributed by atoms with E-state index in [1.165, 1.54) is 18.2 Å². The summed E-state index contributed by atoms with van der Waals surface area (Å²) in [5, 5.41) is 0.415. The highest BCUT2D eigenvalue weighted by molar-refractivity contribution is 7.92. The number of rotatable bonds is 6. The van der Waals surface area contributed by atoms with E-state index in [9.17, 15) is 13.2 Å². The fraction of sp³-hybridized carbons (Fsp3) is 0.133. The lowest BCUT2D eigenvalue weighted by Gasteiger charge is -2.24. The lowest BCUT2D eigenvalue weighted by molar-refractivity contribution is -0.117. The number of para-hydroxylation sites is 1. The predicted molar refractivity (Wildman–Crippen MR) is 91.2 cm³/mol. The van der Waals surface area contributed by atoms with Crippen LogP contribution >= 0.6 is 23.2 Å². The van der Waals surface area contributed by atoms with Crippen molar-refractivity contribution in [3.8, 4) is 0 Å². The first kappa shape index (κ1) is 17.6. The van der Waals surface area contributed by atoms with Crippen LogP contribution < -0.4 is 10.0 Å². The molecule has 5 nitrogen and oxygen atoms in total. The van der Waals surface area contributed by atoms with Gasteiger partial charge in [-0.15, -0.1) is 0 Å². The van der Waals surface area contributed by atoms with E-state index in [2.05, 4.69) is 0 Å². The summed E-state index contributed by atoms with van der Waals surface area (Å²) < 4.78 is 26.9. The van der Waals surface area contributed by atoms with Crippen LogP contribution in [0.5, 0.6) is 0 Å². The molecule has 0 bridgehead atoms. The fourth-order valence-electron chi connectivity index (χ4n) is 2.00. The van der Waals surface area contributed by atoms with Crippen molar-refractivity contribution < 1.29 is 13.2 Å². The summed E-state index contributed by atoms with van der Waals surface area (Å²) in [6, 6.07) is 12.5. The number of hydrogen-bond acceptors (Lipinski definition) is 3. The Bertz CT molecular complexity index is 790. The SMILES string of the molecule is NC(=O)CCN(c1ccccc1)S(=O)(=O)c1cc(Cl)cc(Cl)c1. The maximum absolute atomic E-state index is 12.9. The second-order valence-corrected chi connectivity index (χ2v) is 7.47. The quantitative estimate of drug-likeness (QED) is 0.845. The minimum Gasteiger partial charge on any atom is -0.370 e. The van der Waals surface area contributed by atoms with Gasteiger partial charge in [0.15, 0.2) is 0 Å². The first-order valence-corrected chi connectivity index (χ1v) is 8.82. The molecule has 0 radical (unpaired) electrons. The number of nitrogens with two attached hydrogens (primary N) is 1. The molecule has 0 fully saturated rings. The van der Waals surface area contributed by atoms with Crippen LogP contribution in [0, 0.1) is 0 Å². The van der Waals surface area contributed by atoms with Crippen molar-refractivity contribution in [3.63, 3.8) is 0 Å². The normalized spacial score (nSPS) is 11.2. The van der Waals surface area contributed by atoms with Gasteiger partial charge >= 0.3 is 0 Å². The van der Waals surface area contributed by atoms with Crippen molar-refractivity contribution in [2.24, 2.45) is 5.73 Å². The Kier molecular flexibility index (Phi) is 5.51. The number of nitrogens with zero attached hydrogens (tertiary/aromatic N) is 1. The summed E-state index contributed by atoms with van der Waals surface area (Å²) in [4.78, 5) is 11.0. The zero-order valence-corrected chi connectivity index (χ0v) is 14.3. The maximum Gasteiger partial charge on any atom is 0.264 e. The van der Waals surface area contributed by atoms with E-state index >= 15 is 0 Å². The Hall–Kier alpha value is -1.76. The molecule has 0 atom stereocenters. The van der Waals surface area contributed by atoms with E-state index in [1.807, 2.05) is 0 Å². The van der Waals surface area contributed by atoms with E-state index in [0.29, 0.717) is 5.69 Å². The van der Waals surface area contributed by atoms with Gasteiger partial charge in [-0.25, -0.2) is 8.42 Å². The van der Waals surface area contributed by atoms with Gasteiger partial charge in [0.2, 0.25) is 5.91 Å². The van der Waals surface area contributed by atoms with E-state index in [0.717, 1.165) is 4.31 Å². The summed E-state index contributed by atoms with van der Waals surface area (Å²) in [6.45, 7) is -0.0776. The number of amides is 1. The molecule has 122 valence electrons. The van der Waals surface area contributed by atoms with Gasteiger partial charge in [0.1, 0.15) is 0 Å². The van der Waals surface area contributed by atoms with Gasteiger partial charge in [-0.2, -0.15) is 0 Å². The predicted octanol–water partition coefficient (Wildman–Crippen LogP) is 3.06. The second kappa shape index (κ2) is 7.21. The van der Waals surface area contributed by atoms with Crippen molar-refractivity contribution in [2.45, 2.75) is 11.3 Å². The lowest BCUT2D eigenvalue weighted by Crippen LogP contribution is -2.34. The summed E-state index contributed by atoms with van der Waals surface area (Å²) in [7, 11) is -3.94. The number of halogens is 2. The van der Waals surface area contributed by atoms with E-state index in [-0.39, 0.29) is 27.9 Å². The molecular weight excluding hydrogens is 359 g/mol. The highest BCUT2D eigenvalue weighted by atomic mass is 35.5. The Morgan fingerprint density at radius 3 is 2.13 bits per heavy atom. The van der Waals surface area contributed by atoms with Gasteiger partial charge in [-0.05, 0) is 30.3 Å². The van der Waals surface area contributed by atoms with Crippen LogP contribution in [0.2, 0.25) is 10.0 Å². The monoisotopic (exact) mass is 372 g/mol. The summed E-state index contributed by atoms with van der Waals surface area (Å²) in [5.74, 6) is -0.592. The van der Waals surface area contributed by atoms with E-state index in [4.69, 9.17) is 28.9 Å². The molecule has 2 N–H and O–H groups in total. The van der Waals surface area contributed by atoms with Crippen LogP contribution in [0.15, 0.2) is 53.4 Å². The van der Waals surface area contributed by atoms with Crippen molar-refractivity contribution >= 4 is 44.8 Å². The molecule has 23 heavy (non-hydrogen) atoms. The highest BCUT2D eigenvalue weighted by Crippen LogP contribution is 2.28. The molecule has 0 aliphatic carbocycles.